The van der Waals surface area contributed by atoms with Crippen molar-refractivity contribution in [3.8, 4) is 11.4 Å². The number of rotatable bonds is 2. The summed E-state index contributed by atoms with van der Waals surface area (Å²) < 4.78 is 11.2. The first-order chi connectivity index (χ1) is 10.9. The van der Waals surface area contributed by atoms with Crippen LogP contribution in [0.15, 0.2) is 36.5 Å². The molecule has 0 aliphatic rings. The third kappa shape index (κ3) is 2.56. The minimum atomic E-state index is -0.238. The fourth-order valence-electron chi connectivity index (χ4n) is 2.59. The van der Waals surface area contributed by atoms with E-state index in [4.69, 9.17) is 4.74 Å². The Bertz CT molecular complexity index is 992. The van der Waals surface area contributed by atoms with Gasteiger partial charge in [0.2, 0.25) is 0 Å². The predicted molar refractivity (Wildman–Crippen MR) is 101 cm³/mol. The topological polar surface area (TPSA) is 49.1 Å². The number of fused-ring (bicyclic) bond motifs is 1. The number of hydrogen-bond donors (Lipinski definition) is 0. The van der Waals surface area contributed by atoms with Gasteiger partial charge >= 0.3 is 0 Å². The van der Waals surface area contributed by atoms with Gasteiger partial charge in [-0.05, 0) is 50.9 Å². The Hall–Kier alpha value is -1.12. The smallest absolute Gasteiger partial charge is 0.294 e. The molecule has 0 N–H and O–H groups in total. The van der Waals surface area contributed by atoms with Gasteiger partial charge in [-0.25, -0.2) is 4.68 Å². The highest BCUT2D eigenvalue weighted by Gasteiger charge is 2.23. The Morgan fingerprint density at radius 1 is 1.22 bits per heavy atom. The van der Waals surface area contributed by atoms with Crippen molar-refractivity contribution in [2.45, 2.75) is 6.92 Å². The van der Waals surface area contributed by atoms with Crippen molar-refractivity contribution < 1.29 is 4.74 Å². The van der Waals surface area contributed by atoms with Gasteiger partial charge in [-0.1, -0.05) is 22.0 Å². The molecule has 0 bridgehead atoms. The van der Waals surface area contributed by atoms with Gasteiger partial charge in [0.25, 0.3) is 5.56 Å². The van der Waals surface area contributed by atoms with Gasteiger partial charge < -0.3 is 4.74 Å². The molecule has 0 radical (unpaired) electrons. The fraction of sp³-hybridized carbons (Fsp3) is 0.200. The Morgan fingerprint density at radius 3 is 2.57 bits per heavy atom. The van der Waals surface area contributed by atoms with Crippen LogP contribution in [-0.2, 0) is 7.05 Å². The van der Waals surface area contributed by atoms with E-state index in [9.17, 15) is 4.79 Å². The van der Waals surface area contributed by atoms with Crippen LogP contribution in [0.25, 0.3) is 16.6 Å². The number of ether oxygens (including phenoxy) is 1. The molecule has 0 fully saturated rings. The first-order valence-electron chi connectivity index (χ1n) is 6.64. The molecule has 8 heteroatoms. The van der Waals surface area contributed by atoms with E-state index >= 15 is 0 Å². The van der Waals surface area contributed by atoms with Crippen LogP contribution in [0, 0.1) is 6.92 Å². The monoisotopic (exact) mass is 503 g/mol. The van der Waals surface area contributed by atoms with Gasteiger partial charge in [0, 0.05) is 16.9 Å². The second-order valence-electron chi connectivity index (χ2n) is 5.00. The second kappa shape index (κ2) is 6.07. The number of methoxy groups -OCH3 is 1. The highest BCUT2D eigenvalue weighted by Crippen LogP contribution is 2.39. The maximum Gasteiger partial charge on any atom is 0.294 e. The van der Waals surface area contributed by atoms with Crippen molar-refractivity contribution in [2.24, 2.45) is 7.05 Å². The molecule has 3 aromatic rings. The molecule has 1 aromatic carbocycles. The van der Waals surface area contributed by atoms with E-state index in [0.29, 0.717) is 17.1 Å². The number of benzene rings is 1. The zero-order chi connectivity index (χ0) is 16.9. The second-order valence-corrected chi connectivity index (χ2v) is 7.46. The van der Waals surface area contributed by atoms with Crippen LogP contribution in [0.2, 0.25) is 0 Å². The minimum Gasteiger partial charge on any atom is -0.492 e. The maximum atomic E-state index is 12.7. The number of aromatic nitrogens is 3. The third-order valence-electron chi connectivity index (χ3n) is 3.58. The van der Waals surface area contributed by atoms with Crippen LogP contribution in [0.1, 0.15) is 5.69 Å². The molecule has 0 saturated heterocycles. The number of nitrogens with zero attached hydrogens (tertiary/aromatic N) is 3. The minimum absolute atomic E-state index is 0.238. The lowest BCUT2D eigenvalue weighted by Crippen LogP contribution is -2.26. The van der Waals surface area contributed by atoms with Crippen LogP contribution in [0.5, 0.6) is 5.75 Å². The summed E-state index contributed by atoms with van der Waals surface area (Å²) in [6, 6.07) is 5.90. The number of halogens is 3. The maximum absolute atomic E-state index is 12.7. The molecular formula is C15H12Br3N3O2. The van der Waals surface area contributed by atoms with E-state index < -0.39 is 0 Å². The number of hydrogen-bond acceptors (Lipinski definition) is 3. The molecule has 0 aliphatic heterocycles. The van der Waals surface area contributed by atoms with Gasteiger partial charge in [0.1, 0.15) is 10.3 Å². The summed E-state index contributed by atoms with van der Waals surface area (Å²) in [6.07, 6.45) is 0. The first kappa shape index (κ1) is 16.7. The van der Waals surface area contributed by atoms with E-state index in [1.807, 2.05) is 29.7 Å². The summed E-state index contributed by atoms with van der Waals surface area (Å²) in [4.78, 5) is 12.7. The summed E-state index contributed by atoms with van der Waals surface area (Å²) in [5.74, 6) is 0.457. The van der Waals surface area contributed by atoms with Gasteiger partial charge in [0.05, 0.1) is 17.1 Å². The summed E-state index contributed by atoms with van der Waals surface area (Å²) in [5, 5.41) is 5.18. The third-order valence-corrected chi connectivity index (χ3v) is 6.16. The Kier molecular flexibility index (Phi) is 4.41. The molecule has 0 saturated carbocycles. The average Bonchev–Trinajstić information content (AvgIpc) is 2.74. The lowest BCUT2D eigenvalue weighted by molar-refractivity contribution is 0.401. The van der Waals surface area contributed by atoms with Crippen LogP contribution in [0.4, 0.5) is 0 Å². The fourth-order valence-corrected chi connectivity index (χ4v) is 4.03. The van der Waals surface area contributed by atoms with Gasteiger partial charge in [-0.3, -0.25) is 9.36 Å². The zero-order valence-electron chi connectivity index (χ0n) is 12.5. The van der Waals surface area contributed by atoms with Crippen molar-refractivity contribution in [1.82, 2.24) is 14.3 Å². The van der Waals surface area contributed by atoms with E-state index in [1.165, 1.54) is 11.8 Å². The van der Waals surface area contributed by atoms with Crippen LogP contribution in [0.3, 0.4) is 0 Å². The normalized spacial score (nSPS) is 11.2. The van der Waals surface area contributed by atoms with E-state index in [1.54, 1.807) is 7.05 Å². The summed E-state index contributed by atoms with van der Waals surface area (Å²) in [5.41, 5.74) is 1.70. The van der Waals surface area contributed by atoms with Crippen molar-refractivity contribution >= 4 is 58.7 Å². The van der Waals surface area contributed by atoms with Crippen LogP contribution >= 0.6 is 47.8 Å². The molecule has 2 aromatic heterocycles. The molecule has 23 heavy (non-hydrogen) atoms. The van der Waals surface area contributed by atoms with Crippen molar-refractivity contribution in [1.29, 1.82) is 0 Å². The van der Waals surface area contributed by atoms with Crippen molar-refractivity contribution in [2.75, 3.05) is 7.11 Å². The van der Waals surface area contributed by atoms with Gasteiger partial charge in [-0.15, -0.1) is 0 Å². The van der Waals surface area contributed by atoms with E-state index in [2.05, 4.69) is 52.9 Å². The first-order valence-corrected chi connectivity index (χ1v) is 9.02. The molecule has 5 nitrogen and oxygen atoms in total. The zero-order valence-corrected chi connectivity index (χ0v) is 17.3. The highest BCUT2D eigenvalue weighted by molar-refractivity contribution is 9.13. The summed E-state index contributed by atoms with van der Waals surface area (Å²) in [6.45, 7) is 1.81. The molecule has 2 heterocycles. The van der Waals surface area contributed by atoms with Gasteiger partial charge in [0.15, 0.2) is 11.4 Å². The molecule has 0 unspecified atom stereocenters. The molecule has 0 spiro atoms. The molecule has 0 aliphatic carbocycles. The average molecular weight is 506 g/mol. The van der Waals surface area contributed by atoms with Gasteiger partial charge in [-0.2, -0.15) is 5.10 Å². The molecule has 0 amide bonds. The Morgan fingerprint density at radius 2 is 1.91 bits per heavy atom. The molecule has 0 atom stereocenters. The summed E-state index contributed by atoms with van der Waals surface area (Å²) >= 11 is 10.6. The van der Waals surface area contributed by atoms with E-state index in [0.717, 1.165) is 24.5 Å². The summed E-state index contributed by atoms with van der Waals surface area (Å²) in [7, 11) is 3.17. The number of aryl methyl sites for hydroxylation is 2. The van der Waals surface area contributed by atoms with Crippen molar-refractivity contribution in [3.05, 3.63) is 47.8 Å². The van der Waals surface area contributed by atoms with Crippen molar-refractivity contribution in [3.63, 3.8) is 0 Å². The Labute approximate surface area is 157 Å². The molecule has 120 valence electrons. The predicted octanol–water partition coefficient (Wildman–Crippen LogP) is 4.33. The van der Waals surface area contributed by atoms with E-state index in [-0.39, 0.29) is 5.56 Å². The highest BCUT2D eigenvalue weighted by atomic mass is 79.9. The largest absolute Gasteiger partial charge is 0.492 e. The van der Waals surface area contributed by atoms with Crippen LogP contribution in [-0.4, -0.2) is 21.5 Å². The molecular weight excluding hydrogens is 494 g/mol. The Balaban J connectivity index is 2.55. The lowest BCUT2D eigenvalue weighted by atomic mass is 10.2. The molecule has 3 rings (SSSR count). The van der Waals surface area contributed by atoms with Crippen LogP contribution < -0.4 is 10.3 Å². The lowest BCUT2D eigenvalue weighted by Gasteiger charge is -2.14. The standard InChI is InChI=1S/C15H12Br3N3O2/c1-7-13(23-3)12(15(22)20(2)19-7)21-10-6-8(16)4-5-9(10)11(17)14(21)18/h4-6H,1-3H3. The SMILES string of the molecule is COc1c(C)nn(C)c(=O)c1-n1c(Br)c(Br)c2ccc(Br)cc21. The quantitative estimate of drug-likeness (QED) is 0.521.